The van der Waals surface area contributed by atoms with Crippen LogP contribution in [0.5, 0.6) is 0 Å². The van der Waals surface area contributed by atoms with Crippen LogP contribution in [0, 0.1) is 5.92 Å². The lowest BCUT2D eigenvalue weighted by molar-refractivity contribution is -0.149. The van der Waals surface area contributed by atoms with Crippen LogP contribution in [0.15, 0.2) is 0 Å². The molecule has 0 rings (SSSR count). The Hall–Kier alpha value is -1.18. The molecule has 0 aromatic rings. The molecule has 0 aromatic heterocycles. The van der Waals surface area contributed by atoms with Crippen LogP contribution in [0.3, 0.4) is 0 Å². The molecular formula is C51H103N3O4. The highest BCUT2D eigenvalue weighted by Crippen LogP contribution is 2.21. The van der Waals surface area contributed by atoms with Gasteiger partial charge in [0.15, 0.2) is 0 Å². The molecule has 58 heavy (non-hydrogen) atoms. The standard InChI is InChI=1S/C51H103N3O4/c1-5-9-13-17-20-22-25-31-42-54(43-32-26-23-21-18-14-10-6-2)46-40-52-50(56)39-45-53(44-34-35-47-55)41-33-27-28-36-48-58-51(57)49(37-29-16-12-8-4)38-30-24-19-15-11-7-3/h49,55H,5-48H2,1-4H3,(H,52,56). The number of amides is 1. The third kappa shape index (κ3) is 40.2. The number of nitrogens with zero attached hydrogens (tertiary/aromatic N) is 2. The largest absolute Gasteiger partial charge is 0.465 e. The maximum absolute atomic E-state index is 13.0. The minimum absolute atomic E-state index is 0.0399. The van der Waals surface area contributed by atoms with Crippen LogP contribution in [-0.2, 0) is 14.3 Å². The van der Waals surface area contributed by atoms with E-state index in [1.165, 1.54) is 154 Å². The van der Waals surface area contributed by atoms with Gasteiger partial charge in [0, 0.05) is 32.7 Å². The van der Waals surface area contributed by atoms with Crippen LogP contribution in [0.2, 0.25) is 0 Å². The van der Waals surface area contributed by atoms with Gasteiger partial charge in [0.05, 0.1) is 12.5 Å². The fourth-order valence-electron chi connectivity index (χ4n) is 8.21. The van der Waals surface area contributed by atoms with Crippen LogP contribution >= 0.6 is 0 Å². The van der Waals surface area contributed by atoms with Gasteiger partial charge in [-0.15, -0.1) is 0 Å². The second kappa shape index (κ2) is 46.9. The van der Waals surface area contributed by atoms with E-state index in [0.29, 0.717) is 13.0 Å². The van der Waals surface area contributed by atoms with E-state index < -0.39 is 0 Å². The highest BCUT2D eigenvalue weighted by molar-refractivity contribution is 5.76. The highest BCUT2D eigenvalue weighted by atomic mass is 16.5. The number of aliphatic hydroxyl groups excluding tert-OH is 1. The number of aliphatic hydroxyl groups is 1. The van der Waals surface area contributed by atoms with Crippen LogP contribution < -0.4 is 5.32 Å². The molecule has 7 heteroatoms. The minimum atomic E-state index is 0.0399. The number of carbonyl (C=O) groups is 2. The average molecular weight is 822 g/mol. The van der Waals surface area contributed by atoms with Crippen LogP contribution in [0.25, 0.3) is 0 Å². The summed E-state index contributed by atoms with van der Waals surface area (Å²) in [6, 6.07) is 0. The summed E-state index contributed by atoms with van der Waals surface area (Å²) in [5.41, 5.74) is 0. The van der Waals surface area contributed by atoms with Crippen molar-refractivity contribution in [1.82, 2.24) is 15.1 Å². The van der Waals surface area contributed by atoms with Crippen molar-refractivity contribution in [2.45, 2.75) is 252 Å². The fraction of sp³-hybridized carbons (Fsp3) is 0.961. The molecule has 0 saturated heterocycles. The number of hydrogen-bond donors (Lipinski definition) is 2. The normalized spacial score (nSPS) is 12.2. The first-order valence-electron chi connectivity index (χ1n) is 26.0. The van der Waals surface area contributed by atoms with E-state index in [4.69, 9.17) is 4.74 Å². The summed E-state index contributed by atoms with van der Waals surface area (Å²) in [6.45, 7) is 16.5. The second-order valence-electron chi connectivity index (χ2n) is 17.8. The third-order valence-corrected chi connectivity index (χ3v) is 12.2. The summed E-state index contributed by atoms with van der Waals surface area (Å²) in [5.74, 6) is 0.275. The summed E-state index contributed by atoms with van der Waals surface area (Å²) in [5, 5.41) is 12.6. The summed E-state index contributed by atoms with van der Waals surface area (Å²) >= 11 is 0. The Morgan fingerprint density at radius 2 is 0.810 bits per heavy atom. The zero-order valence-electron chi connectivity index (χ0n) is 39.8. The first kappa shape index (κ1) is 56.8. The van der Waals surface area contributed by atoms with Gasteiger partial charge < -0.3 is 25.0 Å². The molecule has 1 atom stereocenters. The topological polar surface area (TPSA) is 82.1 Å². The Morgan fingerprint density at radius 3 is 1.26 bits per heavy atom. The van der Waals surface area contributed by atoms with E-state index in [2.05, 4.69) is 42.8 Å². The van der Waals surface area contributed by atoms with Crippen LogP contribution in [0.1, 0.15) is 252 Å². The van der Waals surface area contributed by atoms with Gasteiger partial charge in [0.1, 0.15) is 0 Å². The highest BCUT2D eigenvalue weighted by Gasteiger charge is 2.19. The fourth-order valence-corrected chi connectivity index (χ4v) is 8.21. The third-order valence-electron chi connectivity index (χ3n) is 12.2. The molecule has 0 aliphatic rings. The zero-order valence-corrected chi connectivity index (χ0v) is 39.8. The van der Waals surface area contributed by atoms with Crippen molar-refractivity contribution in [2.75, 3.05) is 59.0 Å². The summed E-state index contributed by atoms with van der Waals surface area (Å²) < 4.78 is 5.83. The first-order valence-corrected chi connectivity index (χ1v) is 26.0. The van der Waals surface area contributed by atoms with Gasteiger partial charge in [-0.25, -0.2) is 0 Å². The summed E-state index contributed by atoms with van der Waals surface area (Å²) in [4.78, 5) is 31.0. The van der Waals surface area contributed by atoms with Crippen LogP contribution in [-0.4, -0.2) is 85.8 Å². The average Bonchev–Trinajstić information content (AvgIpc) is 3.22. The summed E-state index contributed by atoms with van der Waals surface area (Å²) in [6.07, 6.45) is 42.4. The summed E-state index contributed by atoms with van der Waals surface area (Å²) in [7, 11) is 0. The molecule has 0 fully saturated rings. The van der Waals surface area contributed by atoms with Crippen molar-refractivity contribution in [3.05, 3.63) is 0 Å². The van der Waals surface area contributed by atoms with Crippen molar-refractivity contribution in [3.8, 4) is 0 Å². The number of carbonyl (C=O) groups excluding carboxylic acids is 2. The van der Waals surface area contributed by atoms with Gasteiger partial charge in [-0.1, -0.05) is 195 Å². The zero-order chi connectivity index (χ0) is 42.4. The Kier molecular flexibility index (Phi) is 45.9. The lowest BCUT2D eigenvalue weighted by Gasteiger charge is -2.24. The molecule has 1 amide bonds. The molecule has 0 spiro atoms. The Labute approximate surface area is 362 Å². The maximum Gasteiger partial charge on any atom is 0.308 e. The lowest BCUT2D eigenvalue weighted by Crippen LogP contribution is -2.37. The molecule has 346 valence electrons. The van der Waals surface area contributed by atoms with Crippen molar-refractivity contribution >= 4 is 11.9 Å². The van der Waals surface area contributed by atoms with Gasteiger partial charge >= 0.3 is 5.97 Å². The first-order chi connectivity index (χ1) is 28.5. The number of unbranched alkanes of at least 4 members (excludes halogenated alkanes) is 26. The van der Waals surface area contributed by atoms with E-state index in [9.17, 15) is 14.7 Å². The van der Waals surface area contributed by atoms with Crippen molar-refractivity contribution in [3.63, 3.8) is 0 Å². The van der Waals surface area contributed by atoms with Gasteiger partial charge in [-0.05, 0) is 77.5 Å². The van der Waals surface area contributed by atoms with Gasteiger partial charge in [-0.3, -0.25) is 9.59 Å². The Morgan fingerprint density at radius 1 is 0.448 bits per heavy atom. The van der Waals surface area contributed by atoms with E-state index >= 15 is 0 Å². The van der Waals surface area contributed by atoms with Gasteiger partial charge in [0.2, 0.25) is 5.91 Å². The maximum atomic E-state index is 13.0. The number of hydrogen-bond acceptors (Lipinski definition) is 6. The number of ether oxygens (including phenoxy) is 1. The number of nitrogens with one attached hydrogen (secondary N) is 1. The molecule has 0 bridgehead atoms. The lowest BCUT2D eigenvalue weighted by atomic mass is 9.94. The smallest absolute Gasteiger partial charge is 0.308 e. The van der Waals surface area contributed by atoms with Crippen molar-refractivity contribution in [1.29, 1.82) is 0 Å². The molecule has 0 saturated carbocycles. The molecular weight excluding hydrogens is 719 g/mol. The van der Waals surface area contributed by atoms with Crippen LogP contribution in [0.4, 0.5) is 0 Å². The van der Waals surface area contributed by atoms with E-state index in [1.54, 1.807) is 0 Å². The predicted molar refractivity (Wildman–Crippen MR) is 252 cm³/mol. The molecule has 0 aromatic carbocycles. The molecule has 0 aliphatic heterocycles. The van der Waals surface area contributed by atoms with E-state index in [0.717, 1.165) is 110 Å². The molecule has 0 radical (unpaired) electrons. The van der Waals surface area contributed by atoms with Crippen molar-refractivity contribution < 1.29 is 19.4 Å². The SMILES string of the molecule is CCCCCCCCCCN(CCCCCCCCCC)CCNC(=O)CCN(CCCCO)CCCCCCOC(=O)C(CCCCCC)CCCCCCCC. The number of rotatable bonds is 48. The Bertz CT molecular complexity index is 823. The van der Waals surface area contributed by atoms with Gasteiger partial charge in [0.25, 0.3) is 0 Å². The monoisotopic (exact) mass is 822 g/mol. The quantitative estimate of drug-likeness (QED) is 0.0470. The molecule has 7 nitrogen and oxygen atoms in total. The van der Waals surface area contributed by atoms with E-state index in [1.807, 2.05) is 0 Å². The Balaban J connectivity index is 4.58. The van der Waals surface area contributed by atoms with E-state index in [-0.39, 0.29) is 24.4 Å². The molecule has 2 N–H and O–H groups in total. The molecule has 0 heterocycles. The molecule has 0 aliphatic carbocycles. The number of esters is 1. The van der Waals surface area contributed by atoms with Crippen molar-refractivity contribution in [2.24, 2.45) is 5.92 Å². The molecule has 1 unspecified atom stereocenters. The minimum Gasteiger partial charge on any atom is -0.465 e. The van der Waals surface area contributed by atoms with Gasteiger partial charge in [-0.2, -0.15) is 0 Å². The predicted octanol–water partition coefficient (Wildman–Crippen LogP) is 13.6. The second-order valence-corrected chi connectivity index (χ2v) is 17.8.